The average Bonchev–Trinajstić information content (AvgIpc) is 3.13. The monoisotopic (exact) mass is 284 g/mol. The van der Waals surface area contributed by atoms with Crippen molar-refractivity contribution in [3.63, 3.8) is 0 Å². The van der Waals surface area contributed by atoms with Crippen LogP contribution < -0.4 is 4.90 Å². The highest BCUT2D eigenvalue weighted by Crippen LogP contribution is 2.53. The van der Waals surface area contributed by atoms with Gasteiger partial charge in [-0.05, 0) is 24.3 Å². The Labute approximate surface area is 120 Å². The molecule has 3 aliphatic rings. The van der Waals surface area contributed by atoms with Crippen molar-refractivity contribution >= 4 is 23.2 Å². The Kier molecular flexibility index (Phi) is 2.34. The zero-order chi connectivity index (χ0) is 14.7. The van der Waals surface area contributed by atoms with E-state index in [9.17, 15) is 19.7 Å². The summed E-state index contributed by atoms with van der Waals surface area (Å²) in [4.78, 5) is 36.6. The highest BCUT2D eigenvalue weighted by atomic mass is 16.6. The van der Waals surface area contributed by atoms with Gasteiger partial charge in [0.25, 0.3) is 5.69 Å². The number of nitro benzene ring substituents is 1. The second kappa shape index (κ2) is 4.00. The van der Waals surface area contributed by atoms with Gasteiger partial charge in [0.15, 0.2) is 0 Å². The van der Waals surface area contributed by atoms with Crippen molar-refractivity contribution in [1.29, 1.82) is 0 Å². The summed E-state index contributed by atoms with van der Waals surface area (Å²) in [6.45, 7) is 0. The van der Waals surface area contributed by atoms with E-state index in [0.29, 0.717) is 5.69 Å². The van der Waals surface area contributed by atoms with Crippen LogP contribution >= 0.6 is 0 Å². The molecule has 2 amide bonds. The number of nitro groups is 1. The van der Waals surface area contributed by atoms with Crippen molar-refractivity contribution in [3.8, 4) is 0 Å². The summed E-state index contributed by atoms with van der Waals surface area (Å²) in [7, 11) is 0. The summed E-state index contributed by atoms with van der Waals surface area (Å²) in [6, 6.07) is 5.70. The number of amides is 2. The largest absolute Gasteiger partial charge is 0.274 e. The molecule has 2 fully saturated rings. The predicted octanol–water partition coefficient (Wildman–Crippen LogP) is 1.91. The van der Waals surface area contributed by atoms with Gasteiger partial charge in [-0.1, -0.05) is 18.2 Å². The fourth-order valence-corrected chi connectivity index (χ4v) is 3.90. The van der Waals surface area contributed by atoms with Gasteiger partial charge < -0.3 is 0 Å². The second-order valence-corrected chi connectivity index (χ2v) is 5.79. The molecule has 0 radical (unpaired) electrons. The fourth-order valence-electron chi connectivity index (χ4n) is 3.90. The van der Waals surface area contributed by atoms with Crippen molar-refractivity contribution in [2.45, 2.75) is 6.42 Å². The van der Waals surface area contributed by atoms with E-state index in [1.54, 1.807) is 6.07 Å². The van der Waals surface area contributed by atoms with E-state index in [2.05, 4.69) is 0 Å². The predicted molar refractivity (Wildman–Crippen MR) is 73.3 cm³/mol. The van der Waals surface area contributed by atoms with E-state index in [4.69, 9.17) is 0 Å². The summed E-state index contributed by atoms with van der Waals surface area (Å²) in [5.74, 6) is -0.733. The second-order valence-electron chi connectivity index (χ2n) is 5.79. The molecule has 0 unspecified atom stereocenters. The number of hydrogen-bond acceptors (Lipinski definition) is 4. The third kappa shape index (κ3) is 1.53. The summed E-state index contributed by atoms with van der Waals surface area (Å²) >= 11 is 0. The molecule has 1 heterocycles. The van der Waals surface area contributed by atoms with Crippen molar-refractivity contribution in [3.05, 3.63) is 46.5 Å². The third-order valence-electron chi connectivity index (χ3n) is 4.77. The van der Waals surface area contributed by atoms with Crippen molar-refractivity contribution in [1.82, 2.24) is 0 Å². The maximum absolute atomic E-state index is 12.6. The Hall–Kier alpha value is -2.50. The Balaban J connectivity index is 1.74. The molecule has 6 heteroatoms. The molecule has 106 valence electrons. The molecular weight excluding hydrogens is 272 g/mol. The molecule has 1 aliphatic heterocycles. The third-order valence-corrected chi connectivity index (χ3v) is 4.77. The van der Waals surface area contributed by atoms with E-state index in [1.807, 2.05) is 12.2 Å². The highest BCUT2D eigenvalue weighted by molar-refractivity contribution is 6.22. The molecule has 1 aromatic rings. The minimum atomic E-state index is -0.527. The van der Waals surface area contributed by atoms with Crippen LogP contribution in [0.25, 0.3) is 0 Å². The van der Waals surface area contributed by atoms with Gasteiger partial charge >= 0.3 is 0 Å². The smallest absolute Gasteiger partial charge is 0.271 e. The molecular formula is C15H12N2O4. The number of carbonyl (C=O) groups excluding carboxylic acids is 2. The lowest BCUT2D eigenvalue weighted by atomic mass is 9.85. The first-order valence-corrected chi connectivity index (χ1v) is 6.88. The van der Waals surface area contributed by atoms with E-state index in [-0.39, 0.29) is 41.2 Å². The topological polar surface area (TPSA) is 80.5 Å². The number of non-ortho nitro benzene ring substituents is 1. The molecule has 1 saturated heterocycles. The highest BCUT2D eigenvalue weighted by Gasteiger charge is 2.59. The average molecular weight is 284 g/mol. The van der Waals surface area contributed by atoms with Gasteiger partial charge in [0.2, 0.25) is 11.8 Å². The molecule has 21 heavy (non-hydrogen) atoms. The number of allylic oxidation sites excluding steroid dienone is 2. The van der Waals surface area contributed by atoms with Crippen LogP contribution in [0.15, 0.2) is 36.4 Å². The van der Waals surface area contributed by atoms with E-state index >= 15 is 0 Å². The van der Waals surface area contributed by atoms with Crippen LogP contribution in [-0.2, 0) is 9.59 Å². The number of fused-ring (bicyclic) bond motifs is 5. The van der Waals surface area contributed by atoms with Gasteiger partial charge in [-0.25, -0.2) is 4.90 Å². The molecule has 4 atom stereocenters. The maximum Gasteiger partial charge on any atom is 0.271 e. The minimum Gasteiger partial charge on any atom is -0.274 e. The molecule has 0 spiro atoms. The van der Waals surface area contributed by atoms with Gasteiger partial charge in [0, 0.05) is 12.1 Å². The molecule has 2 aliphatic carbocycles. The quantitative estimate of drug-likeness (QED) is 0.359. The first-order chi connectivity index (χ1) is 10.1. The van der Waals surface area contributed by atoms with E-state index in [1.165, 1.54) is 18.2 Å². The molecule has 0 aromatic heterocycles. The standard InChI is InChI=1S/C15H12N2O4/c18-14-12-8-4-5-9(6-8)13(12)15(19)16(14)10-2-1-3-11(7-10)17(20)21/h1-5,7-9,12-13H,6H2/t8-,9-,12-,13-/m0/s1. The van der Waals surface area contributed by atoms with Crippen molar-refractivity contribution < 1.29 is 14.5 Å². The Bertz CT molecular complexity index is 681. The lowest BCUT2D eigenvalue weighted by Gasteiger charge is -2.16. The maximum atomic E-state index is 12.6. The summed E-state index contributed by atoms with van der Waals surface area (Å²) < 4.78 is 0. The summed E-state index contributed by atoms with van der Waals surface area (Å²) in [6.07, 6.45) is 4.91. The Morgan fingerprint density at radius 2 is 1.71 bits per heavy atom. The van der Waals surface area contributed by atoms with Crippen molar-refractivity contribution in [2.75, 3.05) is 4.90 Å². The van der Waals surface area contributed by atoms with Crippen LogP contribution in [0, 0.1) is 33.8 Å². The van der Waals surface area contributed by atoms with Crippen LogP contribution in [0.1, 0.15) is 6.42 Å². The number of benzene rings is 1. The number of rotatable bonds is 2. The van der Waals surface area contributed by atoms with E-state index in [0.717, 1.165) is 11.3 Å². The van der Waals surface area contributed by atoms with Crippen molar-refractivity contribution in [2.24, 2.45) is 23.7 Å². The number of anilines is 1. The number of carbonyl (C=O) groups is 2. The summed E-state index contributed by atoms with van der Waals surface area (Å²) in [5.41, 5.74) is 0.180. The number of nitrogens with zero attached hydrogens (tertiary/aromatic N) is 2. The SMILES string of the molecule is O=C1[C@@H]2[C@@H](C(=O)N1c1cccc([N+](=O)[O-])c1)[C@H]1C=C[C@H]2C1. The first kappa shape index (κ1) is 12.3. The molecule has 6 nitrogen and oxygen atoms in total. The van der Waals surface area contributed by atoms with Crippen LogP contribution in [-0.4, -0.2) is 16.7 Å². The van der Waals surface area contributed by atoms with Crippen LogP contribution in [0.2, 0.25) is 0 Å². The lowest BCUT2D eigenvalue weighted by molar-refractivity contribution is -0.384. The van der Waals surface area contributed by atoms with Gasteiger partial charge in [-0.3, -0.25) is 19.7 Å². The first-order valence-electron chi connectivity index (χ1n) is 6.88. The molecule has 0 N–H and O–H groups in total. The molecule has 4 rings (SSSR count). The number of hydrogen-bond donors (Lipinski definition) is 0. The zero-order valence-electron chi connectivity index (χ0n) is 11.0. The lowest BCUT2D eigenvalue weighted by Crippen LogP contribution is -2.32. The Morgan fingerprint density at radius 3 is 2.29 bits per heavy atom. The normalized spacial score (nSPS) is 32.9. The van der Waals surface area contributed by atoms with Crippen LogP contribution in [0.5, 0.6) is 0 Å². The van der Waals surface area contributed by atoms with Gasteiger partial charge in [0.05, 0.1) is 22.4 Å². The minimum absolute atomic E-state index is 0.119. The molecule has 1 aromatic carbocycles. The van der Waals surface area contributed by atoms with Crippen LogP contribution in [0.4, 0.5) is 11.4 Å². The molecule has 1 saturated carbocycles. The molecule has 2 bridgehead atoms. The van der Waals surface area contributed by atoms with E-state index < -0.39 is 4.92 Å². The summed E-state index contributed by atoms with van der Waals surface area (Å²) in [5, 5.41) is 10.8. The zero-order valence-corrected chi connectivity index (χ0v) is 11.0. The van der Waals surface area contributed by atoms with Gasteiger partial charge in [-0.2, -0.15) is 0 Å². The number of imide groups is 1. The Morgan fingerprint density at radius 1 is 1.10 bits per heavy atom. The van der Waals surface area contributed by atoms with Gasteiger partial charge in [-0.15, -0.1) is 0 Å². The van der Waals surface area contributed by atoms with Gasteiger partial charge in [0.1, 0.15) is 0 Å². The van der Waals surface area contributed by atoms with Crippen LogP contribution in [0.3, 0.4) is 0 Å². The fraction of sp³-hybridized carbons (Fsp3) is 0.333.